The highest BCUT2D eigenvalue weighted by Gasteiger charge is 2.04. The fourth-order valence-electron chi connectivity index (χ4n) is 2.26. The Labute approximate surface area is 151 Å². The van der Waals surface area contributed by atoms with Crippen LogP contribution in [0, 0.1) is 0 Å². The second-order valence-corrected chi connectivity index (χ2v) is 6.10. The van der Waals surface area contributed by atoms with Gasteiger partial charge in [0, 0.05) is 23.8 Å². The molecule has 1 heterocycles. The molecular formula is C18H17ClN4S. The van der Waals surface area contributed by atoms with E-state index in [1.54, 1.807) is 0 Å². The Balaban J connectivity index is 1.54. The highest BCUT2D eigenvalue weighted by atomic mass is 35.5. The van der Waals surface area contributed by atoms with Gasteiger partial charge in [0.2, 0.25) is 0 Å². The topological polar surface area (TPSA) is 41.9 Å². The van der Waals surface area contributed by atoms with Gasteiger partial charge in [-0.2, -0.15) is 5.10 Å². The molecule has 0 aliphatic heterocycles. The predicted octanol–water partition coefficient (Wildman–Crippen LogP) is 4.07. The van der Waals surface area contributed by atoms with Gasteiger partial charge in [-0.05, 0) is 29.4 Å². The molecule has 2 aromatic carbocycles. The summed E-state index contributed by atoms with van der Waals surface area (Å²) in [7, 11) is 0. The Morgan fingerprint density at radius 2 is 1.79 bits per heavy atom. The maximum atomic E-state index is 6.18. The van der Waals surface area contributed by atoms with E-state index in [-0.39, 0.29) is 0 Å². The van der Waals surface area contributed by atoms with E-state index >= 15 is 0 Å². The van der Waals surface area contributed by atoms with Gasteiger partial charge in [-0.15, -0.1) is 0 Å². The van der Waals surface area contributed by atoms with Crippen LogP contribution in [0.5, 0.6) is 0 Å². The number of nitrogens with one attached hydrogen (secondary N) is 2. The van der Waals surface area contributed by atoms with Crippen molar-refractivity contribution in [3.63, 3.8) is 0 Å². The average Bonchev–Trinajstić information content (AvgIpc) is 3.03. The Morgan fingerprint density at radius 3 is 2.58 bits per heavy atom. The van der Waals surface area contributed by atoms with Gasteiger partial charge in [0.1, 0.15) is 0 Å². The first-order valence-corrected chi connectivity index (χ1v) is 8.35. The summed E-state index contributed by atoms with van der Waals surface area (Å²) in [5.74, 6) is 0.701. The predicted molar refractivity (Wildman–Crippen MR) is 102 cm³/mol. The fraction of sp³-hybridized carbons (Fsp3) is 0.111. The minimum absolute atomic E-state index is 0.543. The third-order valence-electron chi connectivity index (χ3n) is 3.47. The highest BCUT2D eigenvalue weighted by Crippen LogP contribution is 2.16. The largest absolute Gasteiger partial charge is 0.358 e. The number of anilines is 1. The Morgan fingerprint density at radius 1 is 1.04 bits per heavy atom. The van der Waals surface area contributed by atoms with E-state index in [1.807, 2.05) is 71.5 Å². The first kappa shape index (κ1) is 16.5. The molecule has 0 bridgehead atoms. The van der Waals surface area contributed by atoms with Crippen molar-refractivity contribution in [2.24, 2.45) is 0 Å². The minimum atomic E-state index is 0.543. The Hall–Kier alpha value is -2.37. The van der Waals surface area contributed by atoms with Crippen molar-refractivity contribution < 1.29 is 0 Å². The highest BCUT2D eigenvalue weighted by molar-refractivity contribution is 7.80. The monoisotopic (exact) mass is 356 g/mol. The second kappa shape index (κ2) is 7.95. The van der Waals surface area contributed by atoms with Crippen molar-refractivity contribution in [1.82, 2.24) is 15.1 Å². The van der Waals surface area contributed by atoms with Crippen LogP contribution in [0.25, 0.3) is 0 Å². The normalized spacial score (nSPS) is 10.4. The molecule has 24 heavy (non-hydrogen) atoms. The summed E-state index contributed by atoms with van der Waals surface area (Å²) in [4.78, 5) is 0. The van der Waals surface area contributed by atoms with Gasteiger partial charge >= 0.3 is 0 Å². The number of hydrogen-bond donors (Lipinski definition) is 2. The SMILES string of the molecule is S=C(NCc1ccccc1)Nc1ccn(Cc2ccccc2Cl)n1. The van der Waals surface area contributed by atoms with Gasteiger partial charge in [-0.3, -0.25) is 4.68 Å². The van der Waals surface area contributed by atoms with Crippen LogP contribution in [0.15, 0.2) is 66.9 Å². The number of hydrogen-bond acceptors (Lipinski definition) is 2. The van der Waals surface area contributed by atoms with Gasteiger partial charge in [0.15, 0.2) is 10.9 Å². The van der Waals surface area contributed by atoms with Crippen molar-refractivity contribution >= 4 is 34.7 Å². The standard InChI is InChI=1S/C18H17ClN4S/c19-16-9-5-4-8-15(16)13-23-11-10-17(22-23)21-18(24)20-12-14-6-2-1-3-7-14/h1-11H,12-13H2,(H2,20,21,22,24). The lowest BCUT2D eigenvalue weighted by Crippen LogP contribution is -2.28. The molecule has 0 spiro atoms. The Kier molecular flexibility index (Phi) is 5.46. The van der Waals surface area contributed by atoms with Gasteiger partial charge < -0.3 is 10.6 Å². The van der Waals surface area contributed by atoms with E-state index in [0.29, 0.717) is 24.0 Å². The van der Waals surface area contributed by atoms with Crippen molar-refractivity contribution in [1.29, 1.82) is 0 Å². The number of rotatable bonds is 5. The van der Waals surface area contributed by atoms with E-state index in [2.05, 4.69) is 15.7 Å². The lowest BCUT2D eigenvalue weighted by molar-refractivity contribution is 0.690. The maximum Gasteiger partial charge on any atom is 0.172 e. The molecule has 0 saturated carbocycles. The number of benzene rings is 2. The van der Waals surface area contributed by atoms with E-state index in [1.165, 1.54) is 5.56 Å². The summed E-state index contributed by atoms with van der Waals surface area (Å²) >= 11 is 11.5. The first-order valence-electron chi connectivity index (χ1n) is 7.56. The van der Waals surface area contributed by atoms with Gasteiger partial charge in [0.05, 0.1) is 6.54 Å². The molecular weight excluding hydrogens is 340 g/mol. The van der Waals surface area contributed by atoms with Crippen LogP contribution in [-0.2, 0) is 13.1 Å². The maximum absolute atomic E-state index is 6.18. The minimum Gasteiger partial charge on any atom is -0.358 e. The van der Waals surface area contributed by atoms with Gasteiger partial charge in [-0.25, -0.2) is 0 Å². The lowest BCUT2D eigenvalue weighted by atomic mass is 10.2. The molecule has 122 valence electrons. The molecule has 0 radical (unpaired) electrons. The first-order chi connectivity index (χ1) is 11.7. The van der Waals surface area contributed by atoms with Crippen molar-refractivity contribution in [2.45, 2.75) is 13.1 Å². The molecule has 0 aliphatic carbocycles. The van der Waals surface area contributed by atoms with E-state index in [9.17, 15) is 0 Å². The molecule has 3 rings (SSSR count). The summed E-state index contributed by atoms with van der Waals surface area (Å²) in [6.07, 6.45) is 1.89. The molecule has 6 heteroatoms. The molecule has 0 unspecified atom stereocenters. The molecule has 0 saturated heterocycles. The van der Waals surface area contributed by atoms with Crippen LogP contribution in [0.2, 0.25) is 5.02 Å². The summed E-state index contributed by atoms with van der Waals surface area (Å²) in [5, 5.41) is 12.0. The molecule has 0 atom stereocenters. The van der Waals surface area contributed by atoms with Crippen molar-refractivity contribution in [3.8, 4) is 0 Å². The quantitative estimate of drug-likeness (QED) is 0.676. The average molecular weight is 357 g/mol. The molecule has 0 fully saturated rings. The van der Waals surface area contributed by atoms with E-state index in [0.717, 1.165) is 10.6 Å². The molecule has 3 aromatic rings. The molecule has 1 aromatic heterocycles. The van der Waals surface area contributed by atoms with Crippen LogP contribution in [0.4, 0.5) is 5.82 Å². The summed E-state index contributed by atoms with van der Waals surface area (Å²) in [5.41, 5.74) is 2.20. The third kappa shape index (κ3) is 4.57. The second-order valence-electron chi connectivity index (χ2n) is 5.28. The van der Waals surface area contributed by atoms with Gasteiger partial charge in [0.25, 0.3) is 0 Å². The summed E-state index contributed by atoms with van der Waals surface area (Å²) < 4.78 is 1.82. The van der Waals surface area contributed by atoms with Crippen LogP contribution >= 0.6 is 23.8 Å². The van der Waals surface area contributed by atoms with Crippen molar-refractivity contribution in [3.05, 3.63) is 83.0 Å². The molecule has 4 nitrogen and oxygen atoms in total. The fourth-order valence-corrected chi connectivity index (χ4v) is 2.63. The van der Waals surface area contributed by atoms with Gasteiger partial charge in [-0.1, -0.05) is 60.1 Å². The zero-order valence-corrected chi connectivity index (χ0v) is 14.5. The zero-order chi connectivity index (χ0) is 16.8. The number of thiocarbonyl (C=S) groups is 1. The molecule has 0 aliphatic rings. The van der Waals surface area contributed by atoms with Crippen LogP contribution in [0.1, 0.15) is 11.1 Å². The Bertz CT molecular complexity index is 817. The lowest BCUT2D eigenvalue weighted by Gasteiger charge is -2.08. The van der Waals surface area contributed by atoms with E-state index in [4.69, 9.17) is 23.8 Å². The molecule has 0 amide bonds. The summed E-state index contributed by atoms with van der Waals surface area (Å²) in [6.45, 7) is 1.29. The molecule has 2 N–H and O–H groups in total. The zero-order valence-electron chi connectivity index (χ0n) is 12.9. The van der Waals surface area contributed by atoms with Crippen LogP contribution in [0.3, 0.4) is 0 Å². The summed E-state index contributed by atoms with van der Waals surface area (Å²) in [6, 6.07) is 19.7. The van der Waals surface area contributed by atoms with Crippen LogP contribution < -0.4 is 10.6 Å². The number of nitrogens with zero attached hydrogens (tertiary/aromatic N) is 2. The number of aromatic nitrogens is 2. The smallest absolute Gasteiger partial charge is 0.172 e. The van der Waals surface area contributed by atoms with Crippen LogP contribution in [-0.4, -0.2) is 14.9 Å². The third-order valence-corrected chi connectivity index (χ3v) is 4.08. The van der Waals surface area contributed by atoms with Crippen molar-refractivity contribution in [2.75, 3.05) is 5.32 Å². The number of halogens is 1. The van der Waals surface area contributed by atoms with E-state index < -0.39 is 0 Å².